The lowest BCUT2D eigenvalue weighted by Gasteiger charge is -2.35. The maximum atomic E-state index is 12.3. The number of rotatable bonds is 4. The van der Waals surface area contributed by atoms with Crippen molar-refractivity contribution in [1.82, 2.24) is 4.90 Å². The average molecular weight is 307 g/mol. The van der Waals surface area contributed by atoms with E-state index >= 15 is 0 Å². The highest BCUT2D eigenvalue weighted by molar-refractivity contribution is 8.00. The second-order valence-corrected chi connectivity index (χ2v) is 6.62. The van der Waals surface area contributed by atoms with E-state index in [2.05, 4.69) is 0 Å². The molecule has 21 heavy (non-hydrogen) atoms. The van der Waals surface area contributed by atoms with Gasteiger partial charge in [-0.05, 0) is 30.9 Å². The van der Waals surface area contributed by atoms with Gasteiger partial charge in [0.25, 0.3) is 0 Å². The van der Waals surface area contributed by atoms with E-state index in [9.17, 15) is 9.59 Å². The van der Waals surface area contributed by atoms with Crippen LogP contribution in [0.2, 0.25) is 0 Å². The minimum atomic E-state index is -0.746. The lowest BCUT2D eigenvalue weighted by molar-refractivity contribution is -0.147. The summed E-state index contributed by atoms with van der Waals surface area (Å²) < 4.78 is 0. The summed E-state index contributed by atoms with van der Waals surface area (Å²) in [6, 6.07) is 8.01. The molecule has 1 N–H and O–H groups in total. The fraction of sp³-hybridized carbons (Fsp3) is 0.500. The minimum Gasteiger partial charge on any atom is -0.481 e. The van der Waals surface area contributed by atoms with E-state index in [-0.39, 0.29) is 17.7 Å². The summed E-state index contributed by atoms with van der Waals surface area (Å²) in [5.74, 6) is -0.542. The van der Waals surface area contributed by atoms with Crippen LogP contribution in [0.4, 0.5) is 0 Å². The van der Waals surface area contributed by atoms with Crippen LogP contribution in [-0.2, 0) is 9.59 Å². The molecular formula is C16H21NO3S. The van der Waals surface area contributed by atoms with Crippen LogP contribution in [0.1, 0.15) is 18.9 Å². The SMILES string of the molecule is Cc1ccccc1SCC(=O)N1CCC(C(=O)O)C(C)C1. The van der Waals surface area contributed by atoms with Crippen molar-refractivity contribution >= 4 is 23.6 Å². The van der Waals surface area contributed by atoms with E-state index in [4.69, 9.17) is 5.11 Å². The summed E-state index contributed by atoms with van der Waals surface area (Å²) >= 11 is 1.55. The predicted molar refractivity (Wildman–Crippen MR) is 83.4 cm³/mol. The van der Waals surface area contributed by atoms with Gasteiger partial charge < -0.3 is 10.0 Å². The highest BCUT2D eigenvalue weighted by atomic mass is 32.2. The topological polar surface area (TPSA) is 57.6 Å². The first-order chi connectivity index (χ1) is 9.99. The molecule has 2 atom stereocenters. The molecule has 1 amide bonds. The summed E-state index contributed by atoms with van der Waals surface area (Å²) in [5, 5.41) is 9.11. The maximum absolute atomic E-state index is 12.3. The van der Waals surface area contributed by atoms with Crippen molar-refractivity contribution in [2.75, 3.05) is 18.8 Å². The average Bonchev–Trinajstić information content (AvgIpc) is 2.45. The van der Waals surface area contributed by atoms with Crippen molar-refractivity contribution in [3.05, 3.63) is 29.8 Å². The first-order valence-corrected chi connectivity index (χ1v) is 8.16. The molecule has 0 radical (unpaired) electrons. The molecule has 0 saturated carbocycles. The van der Waals surface area contributed by atoms with Crippen LogP contribution < -0.4 is 0 Å². The number of carboxylic acids is 1. The highest BCUT2D eigenvalue weighted by Gasteiger charge is 2.32. The van der Waals surface area contributed by atoms with E-state index in [1.165, 1.54) is 5.56 Å². The number of carbonyl (C=O) groups is 2. The number of aliphatic carboxylic acids is 1. The third kappa shape index (κ3) is 4.00. The summed E-state index contributed by atoms with van der Waals surface area (Å²) in [4.78, 5) is 26.3. The van der Waals surface area contributed by atoms with Gasteiger partial charge >= 0.3 is 5.97 Å². The van der Waals surface area contributed by atoms with E-state index < -0.39 is 5.97 Å². The number of carbonyl (C=O) groups excluding carboxylic acids is 1. The molecule has 0 aromatic heterocycles. The Balaban J connectivity index is 1.87. The van der Waals surface area contributed by atoms with Crippen LogP contribution in [0.25, 0.3) is 0 Å². The Morgan fingerprint density at radius 2 is 2.10 bits per heavy atom. The van der Waals surface area contributed by atoms with Crippen molar-refractivity contribution in [2.24, 2.45) is 11.8 Å². The van der Waals surface area contributed by atoms with Gasteiger partial charge in [-0.15, -0.1) is 11.8 Å². The second kappa shape index (κ2) is 6.98. The Hall–Kier alpha value is -1.49. The van der Waals surface area contributed by atoms with E-state index in [1.54, 1.807) is 16.7 Å². The van der Waals surface area contributed by atoms with Gasteiger partial charge in [0.1, 0.15) is 0 Å². The zero-order valence-corrected chi connectivity index (χ0v) is 13.2. The predicted octanol–water partition coefficient (Wildman–Crippen LogP) is 2.66. The lowest BCUT2D eigenvalue weighted by atomic mass is 9.87. The van der Waals surface area contributed by atoms with Crippen molar-refractivity contribution in [3.63, 3.8) is 0 Å². The second-order valence-electron chi connectivity index (χ2n) is 5.60. The summed E-state index contributed by atoms with van der Waals surface area (Å²) in [5.41, 5.74) is 1.17. The van der Waals surface area contributed by atoms with Crippen LogP contribution >= 0.6 is 11.8 Å². The standard InChI is InChI=1S/C16H21NO3S/c1-11-5-3-4-6-14(11)21-10-15(18)17-8-7-13(16(19)20)12(2)9-17/h3-6,12-13H,7-10H2,1-2H3,(H,19,20). The van der Waals surface area contributed by atoms with Gasteiger partial charge in [0, 0.05) is 18.0 Å². The number of nitrogens with zero attached hydrogens (tertiary/aromatic N) is 1. The molecule has 0 bridgehead atoms. The molecule has 0 aliphatic carbocycles. The maximum Gasteiger partial charge on any atom is 0.306 e. The molecule has 2 unspecified atom stereocenters. The third-order valence-corrected chi connectivity index (χ3v) is 5.18. The Labute approximate surface area is 129 Å². The van der Waals surface area contributed by atoms with Crippen LogP contribution in [0.15, 0.2) is 29.2 Å². The van der Waals surface area contributed by atoms with Crippen molar-refractivity contribution < 1.29 is 14.7 Å². The number of piperidine rings is 1. The molecule has 1 heterocycles. The minimum absolute atomic E-state index is 0.0173. The van der Waals surface area contributed by atoms with Crippen molar-refractivity contribution in [2.45, 2.75) is 25.2 Å². The number of hydrogen-bond donors (Lipinski definition) is 1. The van der Waals surface area contributed by atoms with Crippen LogP contribution in [0, 0.1) is 18.8 Å². The number of amides is 1. The first-order valence-electron chi connectivity index (χ1n) is 7.18. The largest absolute Gasteiger partial charge is 0.481 e. The summed E-state index contributed by atoms with van der Waals surface area (Å²) in [6.45, 7) is 5.04. The Bertz CT molecular complexity index is 532. The van der Waals surface area contributed by atoms with Crippen molar-refractivity contribution in [1.29, 1.82) is 0 Å². The zero-order valence-electron chi connectivity index (χ0n) is 12.4. The Morgan fingerprint density at radius 3 is 2.71 bits per heavy atom. The van der Waals surface area contributed by atoms with Crippen LogP contribution in [0.3, 0.4) is 0 Å². The molecule has 0 spiro atoms. The molecule has 1 aromatic rings. The number of likely N-dealkylation sites (tertiary alicyclic amines) is 1. The number of benzene rings is 1. The molecule has 4 nitrogen and oxygen atoms in total. The molecule has 1 saturated heterocycles. The van der Waals surface area contributed by atoms with E-state index in [1.807, 2.05) is 38.1 Å². The fourth-order valence-corrected chi connectivity index (χ4v) is 3.62. The normalized spacial score (nSPS) is 22.1. The fourth-order valence-electron chi connectivity index (χ4n) is 2.69. The molecule has 2 rings (SSSR count). The van der Waals surface area contributed by atoms with E-state index in [0.29, 0.717) is 25.3 Å². The van der Waals surface area contributed by atoms with Gasteiger partial charge in [-0.3, -0.25) is 9.59 Å². The summed E-state index contributed by atoms with van der Waals surface area (Å²) in [6.07, 6.45) is 0.553. The first kappa shape index (κ1) is 15.9. The van der Waals surface area contributed by atoms with Crippen LogP contribution in [0.5, 0.6) is 0 Å². The van der Waals surface area contributed by atoms with Gasteiger partial charge in [0.05, 0.1) is 11.7 Å². The highest BCUT2D eigenvalue weighted by Crippen LogP contribution is 2.26. The Kier molecular flexibility index (Phi) is 5.28. The van der Waals surface area contributed by atoms with Gasteiger partial charge in [-0.1, -0.05) is 25.1 Å². The Morgan fingerprint density at radius 1 is 1.38 bits per heavy atom. The number of carboxylic acid groups (broad SMARTS) is 1. The van der Waals surface area contributed by atoms with Gasteiger partial charge in [0.15, 0.2) is 0 Å². The summed E-state index contributed by atoms with van der Waals surface area (Å²) in [7, 11) is 0. The van der Waals surface area contributed by atoms with E-state index in [0.717, 1.165) is 4.90 Å². The molecule has 114 valence electrons. The number of aryl methyl sites for hydroxylation is 1. The smallest absolute Gasteiger partial charge is 0.306 e. The van der Waals surface area contributed by atoms with Crippen molar-refractivity contribution in [3.8, 4) is 0 Å². The molecule has 1 fully saturated rings. The number of thioether (sulfide) groups is 1. The van der Waals surface area contributed by atoms with Gasteiger partial charge in [-0.2, -0.15) is 0 Å². The number of hydrogen-bond acceptors (Lipinski definition) is 3. The zero-order chi connectivity index (χ0) is 15.4. The monoisotopic (exact) mass is 307 g/mol. The van der Waals surface area contributed by atoms with Crippen LogP contribution in [-0.4, -0.2) is 40.7 Å². The quantitative estimate of drug-likeness (QED) is 0.869. The van der Waals surface area contributed by atoms with Gasteiger partial charge in [-0.25, -0.2) is 0 Å². The molecule has 1 aliphatic heterocycles. The van der Waals surface area contributed by atoms with Gasteiger partial charge in [0.2, 0.25) is 5.91 Å². The third-order valence-electron chi connectivity index (χ3n) is 4.02. The molecule has 5 heteroatoms. The molecule has 1 aromatic carbocycles. The molecule has 1 aliphatic rings. The lowest BCUT2D eigenvalue weighted by Crippen LogP contribution is -2.45. The molecular weight excluding hydrogens is 286 g/mol.